The van der Waals surface area contributed by atoms with Gasteiger partial charge in [-0.05, 0) is 24.5 Å². The molecule has 1 aromatic carbocycles. The summed E-state index contributed by atoms with van der Waals surface area (Å²) in [7, 11) is 0. The van der Waals surface area contributed by atoms with E-state index < -0.39 is 11.4 Å². The van der Waals surface area contributed by atoms with E-state index in [2.05, 4.69) is 10.4 Å². The van der Waals surface area contributed by atoms with Crippen molar-refractivity contribution in [3.05, 3.63) is 52.8 Å². The molecule has 7 nitrogen and oxygen atoms in total. The van der Waals surface area contributed by atoms with Gasteiger partial charge in [-0.15, -0.1) is 0 Å². The Hall–Kier alpha value is -2.38. The lowest BCUT2D eigenvalue weighted by atomic mass is 9.80. The van der Waals surface area contributed by atoms with Gasteiger partial charge in [0, 0.05) is 31.0 Å². The van der Waals surface area contributed by atoms with Crippen molar-refractivity contribution in [1.82, 2.24) is 15.1 Å². The van der Waals surface area contributed by atoms with Gasteiger partial charge in [-0.1, -0.05) is 29.8 Å². The van der Waals surface area contributed by atoms with Gasteiger partial charge < -0.3 is 15.2 Å². The van der Waals surface area contributed by atoms with Crippen molar-refractivity contribution in [3.63, 3.8) is 0 Å². The quantitative estimate of drug-likeness (QED) is 0.804. The van der Waals surface area contributed by atoms with Crippen LogP contribution in [0.1, 0.15) is 28.8 Å². The summed E-state index contributed by atoms with van der Waals surface area (Å²) in [5.41, 5.74) is 0.308. The van der Waals surface area contributed by atoms with Crippen LogP contribution >= 0.6 is 11.6 Å². The Morgan fingerprint density at radius 3 is 2.73 bits per heavy atom. The number of carbonyl (C=O) groups is 2. The molecular formula is C18H20ClN3O4. The Kier molecular flexibility index (Phi) is 5.58. The molecule has 0 spiro atoms. The van der Waals surface area contributed by atoms with Gasteiger partial charge in [0.05, 0.1) is 23.7 Å². The van der Waals surface area contributed by atoms with Gasteiger partial charge in [-0.3, -0.25) is 14.3 Å². The number of aromatic nitrogens is 2. The van der Waals surface area contributed by atoms with Gasteiger partial charge >= 0.3 is 5.97 Å². The molecule has 1 aromatic heterocycles. The lowest BCUT2D eigenvalue weighted by molar-refractivity contribution is -0.154. The average molecular weight is 378 g/mol. The summed E-state index contributed by atoms with van der Waals surface area (Å²) in [6.45, 7) is 1.29. The Labute approximate surface area is 155 Å². The average Bonchev–Trinajstić information content (AvgIpc) is 3.11. The summed E-state index contributed by atoms with van der Waals surface area (Å²) in [5.74, 6) is -1.25. The van der Waals surface area contributed by atoms with E-state index in [9.17, 15) is 14.7 Å². The molecule has 2 heterocycles. The van der Waals surface area contributed by atoms with Gasteiger partial charge in [0.1, 0.15) is 0 Å². The van der Waals surface area contributed by atoms with Crippen LogP contribution in [0.2, 0.25) is 5.02 Å². The Morgan fingerprint density at radius 2 is 2.04 bits per heavy atom. The van der Waals surface area contributed by atoms with E-state index in [0.29, 0.717) is 43.2 Å². The normalized spacial score (nSPS) is 16.2. The number of hydrogen-bond donors (Lipinski definition) is 2. The van der Waals surface area contributed by atoms with Crippen molar-refractivity contribution in [2.75, 3.05) is 19.8 Å². The number of halogens is 1. The minimum Gasteiger partial charge on any atom is -0.481 e. The molecule has 0 saturated carbocycles. The molecular weight excluding hydrogens is 358 g/mol. The minimum atomic E-state index is -0.971. The molecule has 8 heteroatoms. The molecule has 0 unspecified atom stereocenters. The number of carboxylic acid groups (broad SMARTS) is 1. The number of carboxylic acids is 1. The minimum absolute atomic E-state index is 0.0697. The van der Waals surface area contributed by atoms with Crippen molar-refractivity contribution < 1.29 is 19.4 Å². The first-order chi connectivity index (χ1) is 12.5. The zero-order chi connectivity index (χ0) is 18.6. The molecule has 0 atom stereocenters. The van der Waals surface area contributed by atoms with Gasteiger partial charge in [0.2, 0.25) is 0 Å². The molecule has 0 radical (unpaired) electrons. The van der Waals surface area contributed by atoms with E-state index in [1.807, 2.05) is 18.2 Å². The smallest absolute Gasteiger partial charge is 0.311 e. The SMILES string of the molecule is O=C(NCC1(C(=O)O)CCOCC1)c1cnn(Cc2ccccc2Cl)c1. The predicted molar refractivity (Wildman–Crippen MR) is 95.2 cm³/mol. The molecule has 0 bridgehead atoms. The number of amides is 1. The van der Waals surface area contributed by atoms with Crippen molar-refractivity contribution in [2.45, 2.75) is 19.4 Å². The van der Waals surface area contributed by atoms with E-state index in [1.54, 1.807) is 16.9 Å². The highest BCUT2D eigenvalue weighted by Gasteiger charge is 2.40. The lowest BCUT2D eigenvalue weighted by Crippen LogP contribution is -2.46. The van der Waals surface area contributed by atoms with E-state index in [-0.39, 0.29) is 12.5 Å². The van der Waals surface area contributed by atoms with Gasteiger partial charge in [0.25, 0.3) is 5.91 Å². The lowest BCUT2D eigenvalue weighted by Gasteiger charge is -2.33. The van der Waals surface area contributed by atoms with E-state index >= 15 is 0 Å². The molecule has 2 N–H and O–H groups in total. The van der Waals surface area contributed by atoms with Gasteiger partial charge in [0.15, 0.2) is 0 Å². The highest BCUT2D eigenvalue weighted by molar-refractivity contribution is 6.31. The molecule has 0 aliphatic carbocycles. The largest absolute Gasteiger partial charge is 0.481 e. The number of ether oxygens (including phenoxy) is 1. The number of benzene rings is 1. The van der Waals surface area contributed by atoms with Crippen LogP contribution in [0.5, 0.6) is 0 Å². The number of hydrogen-bond acceptors (Lipinski definition) is 4. The summed E-state index contributed by atoms with van der Waals surface area (Å²) in [5, 5.41) is 17.1. The van der Waals surface area contributed by atoms with Crippen LogP contribution in [0.15, 0.2) is 36.7 Å². The fourth-order valence-corrected chi connectivity index (χ4v) is 3.14. The van der Waals surface area contributed by atoms with Crippen LogP contribution in [0.25, 0.3) is 0 Å². The van der Waals surface area contributed by atoms with Crippen LogP contribution in [0.4, 0.5) is 0 Å². The number of rotatable bonds is 6. The van der Waals surface area contributed by atoms with Crippen molar-refractivity contribution in [2.24, 2.45) is 5.41 Å². The summed E-state index contributed by atoms with van der Waals surface area (Å²) in [4.78, 5) is 24.0. The third-order valence-electron chi connectivity index (χ3n) is 4.68. The second kappa shape index (κ2) is 7.88. The first kappa shape index (κ1) is 18.4. The fraction of sp³-hybridized carbons (Fsp3) is 0.389. The second-order valence-corrected chi connectivity index (χ2v) is 6.81. The van der Waals surface area contributed by atoms with E-state index in [4.69, 9.17) is 16.3 Å². The molecule has 3 rings (SSSR count). The number of nitrogens with zero attached hydrogens (tertiary/aromatic N) is 2. The monoisotopic (exact) mass is 377 g/mol. The summed E-state index contributed by atoms with van der Waals surface area (Å²) < 4.78 is 6.86. The molecule has 1 amide bonds. The maximum Gasteiger partial charge on any atom is 0.311 e. The molecule has 138 valence electrons. The van der Waals surface area contributed by atoms with Crippen molar-refractivity contribution >= 4 is 23.5 Å². The van der Waals surface area contributed by atoms with E-state index in [1.165, 1.54) is 6.20 Å². The zero-order valence-electron chi connectivity index (χ0n) is 14.2. The predicted octanol–water partition coefficient (Wildman–Crippen LogP) is 2.20. The molecule has 1 aliphatic heterocycles. The van der Waals surface area contributed by atoms with Crippen LogP contribution in [-0.2, 0) is 16.1 Å². The summed E-state index contributed by atoms with van der Waals surface area (Å²) in [6.07, 6.45) is 3.85. The second-order valence-electron chi connectivity index (χ2n) is 6.40. The van der Waals surface area contributed by atoms with Gasteiger partial charge in [-0.25, -0.2) is 0 Å². The molecule has 1 fully saturated rings. The van der Waals surface area contributed by atoms with Crippen LogP contribution in [0, 0.1) is 5.41 Å². The Bertz CT molecular complexity index is 799. The maximum atomic E-state index is 12.4. The summed E-state index contributed by atoms with van der Waals surface area (Å²) >= 11 is 6.14. The highest BCUT2D eigenvalue weighted by Crippen LogP contribution is 2.30. The standard InChI is InChI=1S/C18H20ClN3O4/c19-15-4-2-1-3-13(15)10-22-11-14(9-21-22)16(23)20-12-18(17(24)25)5-7-26-8-6-18/h1-4,9,11H,5-8,10,12H2,(H,20,23)(H,24,25). The number of nitrogens with one attached hydrogen (secondary N) is 1. The third kappa shape index (κ3) is 4.05. The first-order valence-electron chi connectivity index (χ1n) is 8.35. The van der Waals surface area contributed by atoms with Crippen molar-refractivity contribution in [1.29, 1.82) is 0 Å². The molecule has 26 heavy (non-hydrogen) atoms. The van der Waals surface area contributed by atoms with Crippen LogP contribution in [0.3, 0.4) is 0 Å². The number of carbonyl (C=O) groups excluding carboxylic acids is 1. The first-order valence-corrected chi connectivity index (χ1v) is 8.73. The third-order valence-corrected chi connectivity index (χ3v) is 5.05. The molecule has 1 aliphatic rings. The van der Waals surface area contributed by atoms with Crippen LogP contribution in [-0.4, -0.2) is 46.5 Å². The summed E-state index contributed by atoms with van der Waals surface area (Å²) in [6, 6.07) is 7.43. The van der Waals surface area contributed by atoms with Crippen LogP contribution < -0.4 is 5.32 Å². The fourth-order valence-electron chi connectivity index (χ4n) is 2.95. The molecule has 1 saturated heterocycles. The molecule has 2 aromatic rings. The zero-order valence-corrected chi connectivity index (χ0v) is 14.9. The van der Waals surface area contributed by atoms with Gasteiger partial charge in [-0.2, -0.15) is 5.10 Å². The topological polar surface area (TPSA) is 93.5 Å². The Balaban J connectivity index is 1.63. The maximum absolute atomic E-state index is 12.4. The highest BCUT2D eigenvalue weighted by atomic mass is 35.5. The Morgan fingerprint density at radius 1 is 1.31 bits per heavy atom. The van der Waals surface area contributed by atoms with E-state index in [0.717, 1.165) is 5.56 Å². The number of aliphatic carboxylic acids is 1. The van der Waals surface area contributed by atoms with Crippen molar-refractivity contribution in [3.8, 4) is 0 Å².